The van der Waals surface area contributed by atoms with E-state index in [4.69, 9.17) is 25.8 Å². The van der Waals surface area contributed by atoms with Gasteiger partial charge in [-0.2, -0.15) is 0 Å². The number of amides is 1. The van der Waals surface area contributed by atoms with Gasteiger partial charge in [0, 0.05) is 37.8 Å². The number of hydrogen-bond donors (Lipinski definition) is 1. The Balaban J connectivity index is 1.46. The summed E-state index contributed by atoms with van der Waals surface area (Å²) in [5.41, 5.74) is 2.67. The maximum absolute atomic E-state index is 15.1. The van der Waals surface area contributed by atoms with Gasteiger partial charge in [-0.3, -0.25) is 4.90 Å². The van der Waals surface area contributed by atoms with Crippen molar-refractivity contribution < 1.29 is 28.2 Å². The van der Waals surface area contributed by atoms with E-state index in [0.717, 1.165) is 32.2 Å². The maximum Gasteiger partial charge on any atom is 0.411 e. The fourth-order valence-corrected chi connectivity index (χ4v) is 6.21. The van der Waals surface area contributed by atoms with Crippen molar-refractivity contribution in [2.45, 2.75) is 89.1 Å². The number of rotatable bonds is 8. The van der Waals surface area contributed by atoms with Crippen LogP contribution in [0.25, 0.3) is 0 Å². The molecule has 2 fully saturated rings. The molecule has 2 aliphatic rings. The monoisotopic (exact) mass is 603 g/mol. The Hall–Kier alpha value is -3.04. The summed E-state index contributed by atoms with van der Waals surface area (Å²) in [6, 6.07) is 11.1. The lowest BCUT2D eigenvalue weighted by molar-refractivity contribution is -0.145. The summed E-state index contributed by atoms with van der Waals surface area (Å²) >= 11 is 6.35. The molecule has 1 aliphatic carbocycles. The third kappa shape index (κ3) is 7.48. The molecule has 1 amide bonds. The predicted octanol–water partition coefficient (Wildman–Crippen LogP) is 6.29. The molecular weight excluding hydrogens is 561 g/mol. The maximum atomic E-state index is 15.1. The summed E-state index contributed by atoms with van der Waals surface area (Å²) in [6.07, 6.45) is 2.97. The molecule has 10 heteroatoms. The largest absolute Gasteiger partial charge is 0.487 e. The normalized spacial score (nSPS) is 22.5. The summed E-state index contributed by atoms with van der Waals surface area (Å²) in [7, 11) is 5.20. The van der Waals surface area contributed by atoms with E-state index in [9.17, 15) is 9.59 Å². The van der Waals surface area contributed by atoms with E-state index >= 15 is 4.39 Å². The number of hydrogen-bond acceptors (Lipinski definition) is 7. The molecule has 8 nitrogen and oxygen atoms in total. The summed E-state index contributed by atoms with van der Waals surface area (Å²) in [5.74, 6) is -0.481. The number of carbonyl (C=O) groups is 2. The molecule has 0 unspecified atom stereocenters. The van der Waals surface area contributed by atoms with E-state index < -0.39 is 35.6 Å². The molecule has 1 aliphatic heterocycles. The Morgan fingerprint density at radius 2 is 1.83 bits per heavy atom. The van der Waals surface area contributed by atoms with Crippen molar-refractivity contribution in [2.24, 2.45) is 0 Å². The molecular formula is C32H43ClFN3O5. The zero-order chi connectivity index (χ0) is 30.6. The number of nitrogens with zero attached hydrogens (tertiary/aromatic N) is 2. The molecule has 2 aromatic carbocycles. The van der Waals surface area contributed by atoms with Gasteiger partial charge in [0.25, 0.3) is 0 Å². The SMILES string of the molecule is CNCc1ccccc1C1CCC(N(C)c2cc(F)c(Cl)c(O[C@H]3C[C@@H](C(=O)OC)N(C(=O)OC(C)(C)C)C3)c2)CC1. The summed E-state index contributed by atoms with van der Waals surface area (Å²) < 4.78 is 31.6. The second-order valence-electron chi connectivity index (χ2n) is 12.2. The van der Waals surface area contributed by atoms with E-state index in [1.807, 2.05) is 14.1 Å². The molecule has 1 N–H and O–H groups in total. The van der Waals surface area contributed by atoms with E-state index in [1.54, 1.807) is 26.8 Å². The topological polar surface area (TPSA) is 80.3 Å². The second-order valence-corrected chi connectivity index (χ2v) is 12.6. The lowest BCUT2D eigenvalue weighted by Crippen LogP contribution is -2.44. The number of nitrogens with one attached hydrogen (secondary N) is 1. The number of esters is 1. The quantitative estimate of drug-likeness (QED) is 0.355. The average molecular weight is 604 g/mol. The summed E-state index contributed by atoms with van der Waals surface area (Å²) in [5, 5.41) is 3.13. The first kappa shape index (κ1) is 31.9. The van der Waals surface area contributed by atoms with Crippen LogP contribution in [0.1, 0.15) is 69.9 Å². The first-order valence-corrected chi connectivity index (χ1v) is 15.0. The fraction of sp³-hybridized carbons (Fsp3) is 0.562. The average Bonchev–Trinajstić information content (AvgIpc) is 3.38. The van der Waals surface area contributed by atoms with Crippen molar-refractivity contribution in [3.63, 3.8) is 0 Å². The predicted molar refractivity (Wildman–Crippen MR) is 162 cm³/mol. The molecule has 0 radical (unpaired) electrons. The zero-order valence-corrected chi connectivity index (χ0v) is 26.2. The van der Waals surface area contributed by atoms with Crippen LogP contribution in [0.4, 0.5) is 14.9 Å². The van der Waals surface area contributed by atoms with Gasteiger partial charge in [-0.1, -0.05) is 35.9 Å². The Bertz CT molecular complexity index is 1260. The number of halogens is 2. The number of carbonyl (C=O) groups excluding carboxylic acids is 2. The first-order valence-electron chi connectivity index (χ1n) is 14.6. The molecule has 4 rings (SSSR count). The van der Waals surface area contributed by atoms with Crippen LogP contribution in [0, 0.1) is 5.82 Å². The molecule has 1 saturated heterocycles. The second kappa shape index (κ2) is 13.5. The van der Waals surface area contributed by atoms with E-state index in [2.05, 4.69) is 34.5 Å². The highest BCUT2D eigenvalue weighted by Crippen LogP contribution is 2.40. The number of methoxy groups -OCH3 is 1. The number of likely N-dealkylation sites (tertiary alicyclic amines) is 1. The number of benzene rings is 2. The Morgan fingerprint density at radius 3 is 2.48 bits per heavy atom. The van der Waals surface area contributed by atoms with Gasteiger partial charge < -0.3 is 24.4 Å². The van der Waals surface area contributed by atoms with Crippen molar-refractivity contribution in [3.8, 4) is 5.75 Å². The third-order valence-electron chi connectivity index (χ3n) is 8.15. The lowest BCUT2D eigenvalue weighted by atomic mass is 9.79. The van der Waals surface area contributed by atoms with Gasteiger partial charge in [-0.05, 0) is 76.6 Å². The molecule has 230 valence electrons. The van der Waals surface area contributed by atoms with E-state index in [0.29, 0.717) is 11.6 Å². The van der Waals surface area contributed by atoms with Crippen molar-refractivity contribution >= 4 is 29.4 Å². The Morgan fingerprint density at radius 1 is 1.14 bits per heavy atom. The molecule has 0 spiro atoms. The van der Waals surface area contributed by atoms with Gasteiger partial charge in [0.2, 0.25) is 0 Å². The smallest absolute Gasteiger partial charge is 0.411 e. The van der Waals surface area contributed by atoms with Gasteiger partial charge in [0.05, 0.1) is 13.7 Å². The standard InChI is InChI=1S/C32H43ClFN3O5/c1-32(2,3)42-31(39)37-19-24(17-27(37)30(38)40-6)41-28-16-23(15-26(34)29(28)33)36(5)22-13-11-20(12-14-22)25-10-8-7-9-21(25)18-35-4/h7-10,15-16,20,22,24,27,35H,11-14,17-19H2,1-6H3/t20?,22?,24-,27-/m0/s1. The minimum atomic E-state index is -0.877. The van der Waals surface area contributed by atoms with Gasteiger partial charge in [0.1, 0.15) is 34.3 Å². The summed E-state index contributed by atoms with van der Waals surface area (Å²) in [4.78, 5) is 28.7. The highest BCUT2D eigenvalue weighted by Gasteiger charge is 2.43. The molecule has 1 saturated carbocycles. The molecule has 2 aromatic rings. The van der Waals surface area contributed by atoms with Crippen LogP contribution >= 0.6 is 11.6 Å². The third-order valence-corrected chi connectivity index (χ3v) is 8.52. The fourth-order valence-electron chi connectivity index (χ4n) is 6.05. The molecule has 0 aromatic heterocycles. The molecule has 0 bridgehead atoms. The van der Waals surface area contributed by atoms with Crippen molar-refractivity contribution in [1.29, 1.82) is 0 Å². The van der Waals surface area contributed by atoms with Crippen LogP contribution in [-0.4, -0.2) is 68.5 Å². The van der Waals surface area contributed by atoms with Gasteiger partial charge >= 0.3 is 12.1 Å². The zero-order valence-electron chi connectivity index (χ0n) is 25.4. The number of anilines is 1. The van der Waals surface area contributed by atoms with Gasteiger partial charge in [-0.25, -0.2) is 14.0 Å². The Labute approximate surface area is 253 Å². The highest BCUT2D eigenvalue weighted by molar-refractivity contribution is 6.32. The molecule has 1 heterocycles. The van der Waals surface area contributed by atoms with Crippen LogP contribution in [-0.2, 0) is 20.8 Å². The highest BCUT2D eigenvalue weighted by atomic mass is 35.5. The number of ether oxygens (including phenoxy) is 3. The van der Waals surface area contributed by atoms with Crippen LogP contribution in [0.2, 0.25) is 5.02 Å². The molecule has 42 heavy (non-hydrogen) atoms. The first-order chi connectivity index (χ1) is 19.9. The van der Waals surface area contributed by atoms with Crippen LogP contribution in [0.5, 0.6) is 5.75 Å². The van der Waals surface area contributed by atoms with Crippen molar-refractivity contribution in [1.82, 2.24) is 10.2 Å². The molecule has 2 atom stereocenters. The Kier molecular flexibility index (Phi) is 10.3. The minimum Gasteiger partial charge on any atom is -0.487 e. The van der Waals surface area contributed by atoms with Gasteiger partial charge in [-0.15, -0.1) is 0 Å². The van der Waals surface area contributed by atoms with Crippen LogP contribution in [0.3, 0.4) is 0 Å². The van der Waals surface area contributed by atoms with E-state index in [1.165, 1.54) is 29.2 Å². The van der Waals surface area contributed by atoms with Gasteiger partial charge in [0.15, 0.2) is 0 Å². The van der Waals surface area contributed by atoms with Crippen molar-refractivity contribution in [2.75, 3.05) is 32.6 Å². The minimum absolute atomic E-state index is 0.0751. The summed E-state index contributed by atoms with van der Waals surface area (Å²) in [6.45, 7) is 6.18. The van der Waals surface area contributed by atoms with E-state index in [-0.39, 0.29) is 29.8 Å². The van der Waals surface area contributed by atoms with Crippen LogP contribution in [0.15, 0.2) is 36.4 Å². The van der Waals surface area contributed by atoms with Crippen LogP contribution < -0.4 is 15.0 Å². The van der Waals surface area contributed by atoms with Crippen molar-refractivity contribution in [3.05, 3.63) is 58.4 Å². The lowest BCUT2D eigenvalue weighted by Gasteiger charge is -2.37.